The summed E-state index contributed by atoms with van der Waals surface area (Å²) in [5, 5.41) is 18.7. The number of hydrogen-bond acceptors (Lipinski definition) is 6. The zero-order valence-electron chi connectivity index (χ0n) is 21.1. The first-order chi connectivity index (χ1) is 17.3. The van der Waals surface area contributed by atoms with Crippen LogP contribution in [-0.2, 0) is 30.4 Å². The number of amides is 4. The Morgan fingerprint density at radius 1 is 0.806 bits per heavy atom. The third kappa shape index (κ3) is 15.5. The molecule has 0 unspecified atom stereocenters. The third-order valence-electron chi connectivity index (χ3n) is 5.46. The molecule has 12 nitrogen and oxygen atoms in total. The SMILES string of the molecule is CCCCCCCCCCCC(=O)NCC(=O)NCC(=O)NCC(=O)N[C@@H](Cc1cnc[nH]1)C(=O)O. The van der Waals surface area contributed by atoms with Gasteiger partial charge in [0.05, 0.1) is 26.0 Å². The van der Waals surface area contributed by atoms with Crippen molar-refractivity contribution in [3.8, 4) is 0 Å². The highest BCUT2D eigenvalue weighted by atomic mass is 16.4. The highest BCUT2D eigenvalue weighted by molar-refractivity contribution is 5.91. The third-order valence-corrected chi connectivity index (χ3v) is 5.46. The number of carbonyl (C=O) groups excluding carboxylic acids is 4. The molecule has 4 amide bonds. The van der Waals surface area contributed by atoms with Crippen molar-refractivity contribution in [1.82, 2.24) is 31.2 Å². The maximum absolute atomic E-state index is 12.0. The number of aromatic amines is 1. The molecule has 0 saturated heterocycles. The van der Waals surface area contributed by atoms with Crippen LogP contribution < -0.4 is 21.3 Å². The number of H-pyrrole nitrogens is 1. The Morgan fingerprint density at radius 3 is 1.86 bits per heavy atom. The molecule has 1 atom stereocenters. The highest BCUT2D eigenvalue weighted by Crippen LogP contribution is 2.10. The molecular weight excluding hydrogens is 468 g/mol. The monoisotopic (exact) mass is 508 g/mol. The smallest absolute Gasteiger partial charge is 0.326 e. The summed E-state index contributed by atoms with van der Waals surface area (Å²) in [6, 6.07) is -1.19. The Labute approximate surface area is 211 Å². The van der Waals surface area contributed by atoms with Crippen molar-refractivity contribution >= 4 is 29.6 Å². The first-order valence-electron chi connectivity index (χ1n) is 12.6. The minimum absolute atomic E-state index is 0.00984. The Kier molecular flexibility index (Phi) is 16.0. The van der Waals surface area contributed by atoms with E-state index < -0.39 is 36.3 Å². The summed E-state index contributed by atoms with van der Waals surface area (Å²) in [5.74, 6) is -3.28. The topological polar surface area (TPSA) is 182 Å². The van der Waals surface area contributed by atoms with Crippen LogP contribution in [-0.4, -0.2) is 70.3 Å². The van der Waals surface area contributed by atoms with Crippen molar-refractivity contribution < 1.29 is 29.1 Å². The maximum Gasteiger partial charge on any atom is 0.326 e. The summed E-state index contributed by atoms with van der Waals surface area (Å²) in [4.78, 5) is 65.3. The first kappa shape index (κ1) is 30.6. The average Bonchev–Trinajstić information content (AvgIpc) is 3.36. The summed E-state index contributed by atoms with van der Waals surface area (Å²) in [7, 11) is 0. The van der Waals surface area contributed by atoms with E-state index in [-0.39, 0.29) is 25.4 Å². The lowest BCUT2D eigenvalue weighted by molar-refractivity contribution is -0.141. The number of carboxylic acids is 1. The number of unbranched alkanes of at least 4 members (excludes halogenated alkanes) is 8. The van der Waals surface area contributed by atoms with Gasteiger partial charge in [0.1, 0.15) is 6.04 Å². The van der Waals surface area contributed by atoms with E-state index in [0.29, 0.717) is 12.1 Å². The van der Waals surface area contributed by atoms with Crippen LogP contribution in [0.5, 0.6) is 0 Å². The summed E-state index contributed by atoms with van der Waals surface area (Å²) in [6.45, 7) is 1.13. The molecule has 0 aliphatic rings. The van der Waals surface area contributed by atoms with E-state index in [1.165, 1.54) is 51.0 Å². The fourth-order valence-electron chi connectivity index (χ4n) is 3.41. The number of aromatic nitrogens is 2. The maximum atomic E-state index is 12.0. The summed E-state index contributed by atoms with van der Waals surface area (Å²) < 4.78 is 0. The second-order valence-corrected chi connectivity index (χ2v) is 8.65. The Hall–Kier alpha value is -3.44. The molecule has 0 fully saturated rings. The van der Waals surface area contributed by atoms with Crippen molar-refractivity contribution in [1.29, 1.82) is 0 Å². The second kappa shape index (κ2) is 18.8. The molecule has 0 saturated carbocycles. The van der Waals surface area contributed by atoms with E-state index in [9.17, 15) is 29.1 Å². The van der Waals surface area contributed by atoms with Gasteiger partial charge in [0.15, 0.2) is 0 Å². The fraction of sp³-hybridized carbons (Fsp3) is 0.667. The first-order valence-corrected chi connectivity index (χ1v) is 12.6. The fourth-order valence-corrected chi connectivity index (χ4v) is 3.41. The number of carbonyl (C=O) groups is 5. The number of hydrogen-bond donors (Lipinski definition) is 6. The highest BCUT2D eigenvalue weighted by Gasteiger charge is 2.21. The lowest BCUT2D eigenvalue weighted by Gasteiger charge is -2.14. The van der Waals surface area contributed by atoms with Crippen LogP contribution in [0.3, 0.4) is 0 Å². The second-order valence-electron chi connectivity index (χ2n) is 8.65. The normalized spacial score (nSPS) is 11.4. The predicted octanol–water partition coefficient (Wildman–Crippen LogP) is 0.791. The van der Waals surface area contributed by atoms with Gasteiger partial charge in [-0.3, -0.25) is 19.2 Å². The molecule has 0 aliphatic carbocycles. The minimum Gasteiger partial charge on any atom is -0.480 e. The molecule has 0 radical (unpaired) electrons. The number of carboxylic acid groups (broad SMARTS) is 1. The van der Waals surface area contributed by atoms with Gasteiger partial charge in [0, 0.05) is 24.7 Å². The van der Waals surface area contributed by atoms with Gasteiger partial charge in [0.25, 0.3) is 0 Å². The van der Waals surface area contributed by atoms with Gasteiger partial charge < -0.3 is 31.4 Å². The zero-order valence-corrected chi connectivity index (χ0v) is 21.1. The summed E-state index contributed by atoms with van der Waals surface area (Å²) in [6.07, 6.45) is 13.6. The summed E-state index contributed by atoms with van der Waals surface area (Å²) in [5.41, 5.74) is 0.537. The molecule has 0 aromatic carbocycles. The largest absolute Gasteiger partial charge is 0.480 e. The van der Waals surface area contributed by atoms with Crippen LogP contribution in [0.25, 0.3) is 0 Å². The van der Waals surface area contributed by atoms with Crippen molar-refractivity contribution in [2.75, 3.05) is 19.6 Å². The molecule has 6 N–H and O–H groups in total. The Bertz CT molecular complexity index is 814. The van der Waals surface area contributed by atoms with E-state index in [0.717, 1.165) is 19.3 Å². The van der Waals surface area contributed by atoms with E-state index >= 15 is 0 Å². The number of imidazole rings is 1. The molecule has 0 bridgehead atoms. The molecular formula is C24H40N6O6. The van der Waals surface area contributed by atoms with Gasteiger partial charge in [-0.15, -0.1) is 0 Å². The van der Waals surface area contributed by atoms with E-state index in [2.05, 4.69) is 38.2 Å². The minimum atomic E-state index is -1.23. The molecule has 202 valence electrons. The molecule has 12 heteroatoms. The molecule has 1 heterocycles. The number of nitrogens with one attached hydrogen (secondary N) is 5. The van der Waals surface area contributed by atoms with Crippen molar-refractivity contribution in [3.05, 3.63) is 18.2 Å². The molecule has 1 aromatic rings. The van der Waals surface area contributed by atoms with E-state index in [1.54, 1.807) is 0 Å². The average molecular weight is 509 g/mol. The lowest BCUT2D eigenvalue weighted by atomic mass is 10.1. The van der Waals surface area contributed by atoms with Gasteiger partial charge in [-0.1, -0.05) is 58.3 Å². The molecule has 1 rings (SSSR count). The lowest BCUT2D eigenvalue weighted by Crippen LogP contribution is -2.48. The van der Waals surface area contributed by atoms with Gasteiger partial charge in [-0.2, -0.15) is 0 Å². The standard InChI is InChI=1S/C24H40N6O6/c1-2-3-4-5-6-7-8-9-10-11-20(31)26-14-21(32)27-15-22(33)28-16-23(34)30-19(24(35)36)12-18-13-25-17-29-18/h13,17,19H,2-12,14-16H2,1H3,(H,25,29)(H,26,31)(H,27,32)(H,28,33)(H,30,34)(H,35,36)/t19-/m0/s1. The van der Waals surface area contributed by atoms with Crippen LogP contribution in [0.1, 0.15) is 76.8 Å². The van der Waals surface area contributed by atoms with Crippen LogP contribution in [0, 0.1) is 0 Å². The van der Waals surface area contributed by atoms with Gasteiger partial charge in [0.2, 0.25) is 23.6 Å². The molecule has 36 heavy (non-hydrogen) atoms. The molecule has 1 aromatic heterocycles. The summed E-state index contributed by atoms with van der Waals surface area (Å²) >= 11 is 0. The van der Waals surface area contributed by atoms with E-state index in [1.807, 2.05) is 0 Å². The number of aliphatic carboxylic acids is 1. The van der Waals surface area contributed by atoms with Crippen molar-refractivity contribution in [3.63, 3.8) is 0 Å². The molecule has 0 spiro atoms. The number of rotatable bonds is 20. The van der Waals surface area contributed by atoms with Crippen LogP contribution in [0.2, 0.25) is 0 Å². The predicted molar refractivity (Wildman–Crippen MR) is 133 cm³/mol. The van der Waals surface area contributed by atoms with Crippen LogP contribution >= 0.6 is 0 Å². The number of nitrogens with zero attached hydrogens (tertiary/aromatic N) is 1. The Morgan fingerprint density at radius 2 is 1.33 bits per heavy atom. The zero-order chi connectivity index (χ0) is 26.6. The van der Waals surface area contributed by atoms with Crippen LogP contribution in [0.15, 0.2) is 12.5 Å². The quantitative estimate of drug-likeness (QED) is 0.141. The van der Waals surface area contributed by atoms with Gasteiger partial charge in [-0.05, 0) is 6.42 Å². The van der Waals surface area contributed by atoms with Crippen LogP contribution in [0.4, 0.5) is 0 Å². The van der Waals surface area contributed by atoms with Crippen molar-refractivity contribution in [2.45, 2.75) is 83.6 Å². The van der Waals surface area contributed by atoms with Gasteiger partial charge >= 0.3 is 5.97 Å². The Balaban J connectivity index is 2.09. The van der Waals surface area contributed by atoms with Gasteiger partial charge in [-0.25, -0.2) is 9.78 Å². The van der Waals surface area contributed by atoms with E-state index in [4.69, 9.17) is 0 Å². The molecule has 0 aliphatic heterocycles. The van der Waals surface area contributed by atoms with Crippen molar-refractivity contribution in [2.24, 2.45) is 0 Å².